The molecule has 1 rings (SSSR count). The Kier molecular flexibility index (Phi) is 5.24. The predicted molar refractivity (Wildman–Crippen MR) is 66.9 cm³/mol. The van der Waals surface area contributed by atoms with Crippen molar-refractivity contribution in [3.63, 3.8) is 0 Å². The van der Waals surface area contributed by atoms with E-state index in [0.717, 1.165) is 24.3 Å². The quantitative estimate of drug-likeness (QED) is 0.203. The maximum atomic E-state index is 11.8. The van der Waals surface area contributed by atoms with Crippen molar-refractivity contribution in [1.29, 1.82) is 0 Å². The lowest BCUT2D eigenvalue weighted by Gasteiger charge is -2.05. The van der Waals surface area contributed by atoms with E-state index in [-0.39, 0.29) is 23.7 Å². The third-order valence-corrected chi connectivity index (χ3v) is 3.62. The van der Waals surface area contributed by atoms with Gasteiger partial charge in [0.25, 0.3) is 5.69 Å². The summed E-state index contributed by atoms with van der Waals surface area (Å²) in [6, 6.07) is 4.56. The van der Waals surface area contributed by atoms with Crippen molar-refractivity contribution in [2.24, 2.45) is 5.11 Å². The first kappa shape index (κ1) is 14.9. The lowest BCUT2D eigenvalue weighted by atomic mass is 10.3. The molecule has 0 aliphatic carbocycles. The van der Waals surface area contributed by atoms with Gasteiger partial charge in [0, 0.05) is 30.1 Å². The molecule has 10 heteroatoms. The number of benzene rings is 1. The average Bonchev–Trinajstić information content (AvgIpc) is 2.38. The topological polar surface area (TPSA) is 138 Å². The molecule has 0 saturated carbocycles. The molecular weight excluding hydrogens is 274 g/mol. The van der Waals surface area contributed by atoms with Crippen LogP contribution in [0.2, 0.25) is 0 Å². The van der Waals surface area contributed by atoms with E-state index < -0.39 is 14.9 Å². The summed E-state index contributed by atoms with van der Waals surface area (Å²) in [6.45, 7) is 0.317. The van der Waals surface area contributed by atoms with Gasteiger partial charge < -0.3 is 0 Å². The maximum absolute atomic E-state index is 11.8. The van der Waals surface area contributed by atoms with Gasteiger partial charge in [0.05, 0.1) is 9.82 Å². The molecule has 0 amide bonds. The third kappa shape index (κ3) is 4.54. The SMILES string of the molecule is [N-]=[N+]=NCCCNS(=O)(=O)c1ccc([N+](=O)[O-])cc1. The largest absolute Gasteiger partial charge is 0.269 e. The number of nitro benzene ring substituents is 1. The first-order chi connectivity index (χ1) is 8.97. The highest BCUT2D eigenvalue weighted by atomic mass is 32.2. The van der Waals surface area contributed by atoms with E-state index in [9.17, 15) is 18.5 Å². The van der Waals surface area contributed by atoms with Gasteiger partial charge in [0.1, 0.15) is 0 Å². The number of nitrogens with one attached hydrogen (secondary N) is 1. The van der Waals surface area contributed by atoms with Crippen molar-refractivity contribution in [3.8, 4) is 0 Å². The zero-order chi connectivity index (χ0) is 14.3. The molecule has 1 N–H and O–H groups in total. The molecule has 0 atom stereocenters. The summed E-state index contributed by atoms with van der Waals surface area (Å²) in [4.78, 5) is 12.3. The summed E-state index contributed by atoms with van der Waals surface area (Å²) >= 11 is 0. The Labute approximate surface area is 109 Å². The number of rotatable bonds is 7. The van der Waals surface area contributed by atoms with Crippen LogP contribution in [-0.2, 0) is 10.0 Å². The third-order valence-electron chi connectivity index (χ3n) is 2.15. The molecule has 0 heterocycles. The Hall–Kier alpha value is -2.16. The van der Waals surface area contributed by atoms with Crippen LogP contribution in [0.4, 0.5) is 5.69 Å². The number of azide groups is 1. The van der Waals surface area contributed by atoms with Gasteiger partial charge in [-0.05, 0) is 24.1 Å². The van der Waals surface area contributed by atoms with E-state index in [2.05, 4.69) is 14.7 Å². The fourth-order valence-electron chi connectivity index (χ4n) is 1.23. The summed E-state index contributed by atoms with van der Waals surface area (Å²) in [5.41, 5.74) is 7.86. The highest BCUT2D eigenvalue weighted by Crippen LogP contribution is 2.15. The number of nitro groups is 1. The van der Waals surface area contributed by atoms with E-state index in [4.69, 9.17) is 5.53 Å². The first-order valence-electron chi connectivity index (χ1n) is 5.22. The maximum Gasteiger partial charge on any atom is 0.269 e. The number of sulfonamides is 1. The standard InChI is InChI=1S/C9H11N5O4S/c10-13-11-6-1-7-12-19(17,18)9-4-2-8(3-5-9)14(15)16/h2-5,12H,1,6-7H2. The van der Waals surface area contributed by atoms with Gasteiger partial charge >= 0.3 is 0 Å². The van der Waals surface area contributed by atoms with Crippen LogP contribution in [0.3, 0.4) is 0 Å². The molecule has 0 radical (unpaired) electrons. The molecule has 0 aliphatic rings. The number of non-ortho nitro benzene ring substituents is 1. The van der Waals surface area contributed by atoms with Crippen molar-refractivity contribution in [3.05, 3.63) is 44.8 Å². The van der Waals surface area contributed by atoms with Gasteiger partial charge in [-0.15, -0.1) is 0 Å². The first-order valence-corrected chi connectivity index (χ1v) is 6.70. The van der Waals surface area contributed by atoms with E-state index >= 15 is 0 Å². The zero-order valence-corrected chi connectivity index (χ0v) is 10.6. The van der Waals surface area contributed by atoms with Crippen LogP contribution in [-0.4, -0.2) is 26.4 Å². The number of nitrogens with zero attached hydrogens (tertiary/aromatic N) is 4. The van der Waals surface area contributed by atoms with E-state index in [0.29, 0.717) is 6.42 Å². The van der Waals surface area contributed by atoms with Crippen molar-refractivity contribution in [2.45, 2.75) is 11.3 Å². The summed E-state index contributed by atoms with van der Waals surface area (Å²) < 4.78 is 25.8. The van der Waals surface area contributed by atoms with Gasteiger partial charge in [-0.3, -0.25) is 10.1 Å². The lowest BCUT2D eigenvalue weighted by molar-refractivity contribution is -0.384. The van der Waals surface area contributed by atoms with Crippen molar-refractivity contribution in [1.82, 2.24) is 4.72 Å². The normalized spacial score (nSPS) is 10.7. The highest BCUT2D eigenvalue weighted by molar-refractivity contribution is 7.89. The fraction of sp³-hybridized carbons (Fsp3) is 0.333. The number of hydrogen-bond acceptors (Lipinski definition) is 5. The minimum absolute atomic E-state index is 0.0538. The average molecular weight is 285 g/mol. The van der Waals surface area contributed by atoms with Gasteiger partial charge in [-0.1, -0.05) is 5.11 Å². The predicted octanol–water partition coefficient (Wildman–Crippen LogP) is 1.57. The van der Waals surface area contributed by atoms with E-state index in [1.807, 2.05) is 0 Å². The molecule has 9 nitrogen and oxygen atoms in total. The molecule has 19 heavy (non-hydrogen) atoms. The van der Waals surface area contributed by atoms with Crippen molar-refractivity contribution in [2.75, 3.05) is 13.1 Å². The van der Waals surface area contributed by atoms with Crippen molar-refractivity contribution >= 4 is 15.7 Å². The minimum Gasteiger partial charge on any atom is -0.258 e. The van der Waals surface area contributed by atoms with Crippen LogP contribution in [0.25, 0.3) is 10.4 Å². The Morgan fingerprint density at radius 3 is 2.53 bits per heavy atom. The molecule has 0 spiro atoms. The molecule has 0 aromatic heterocycles. The number of hydrogen-bond donors (Lipinski definition) is 1. The molecule has 102 valence electrons. The summed E-state index contributed by atoms with van der Waals surface area (Å²) in [7, 11) is -3.70. The summed E-state index contributed by atoms with van der Waals surface area (Å²) in [5, 5.41) is 13.7. The highest BCUT2D eigenvalue weighted by Gasteiger charge is 2.14. The second-order valence-electron chi connectivity index (χ2n) is 3.46. The van der Waals surface area contributed by atoms with E-state index in [1.165, 1.54) is 0 Å². The Morgan fingerprint density at radius 2 is 2.00 bits per heavy atom. The van der Waals surface area contributed by atoms with Crippen LogP contribution >= 0.6 is 0 Å². The van der Waals surface area contributed by atoms with Crippen LogP contribution in [0.5, 0.6) is 0 Å². The van der Waals surface area contributed by atoms with Crippen LogP contribution in [0.15, 0.2) is 34.3 Å². The van der Waals surface area contributed by atoms with Crippen molar-refractivity contribution < 1.29 is 13.3 Å². The van der Waals surface area contributed by atoms with Crippen LogP contribution in [0.1, 0.15) is 6.42 Å². The van der Waals surface area contributed by atoms with Gasteiger partial charge in [-0.25, -0.2) is 13.1 Å². The Balaban J connectivity index is 2.66. The fourth-order valence-corrected chi connectivity index (χ4v) is 2.31. The molecule has 0 bridgehead atoms. The molecule has 0 unspecified atom stereocenters. The molecule has 1 aromatic rings. The smallest absolute Gasteiger partial charge is 0.258 e. The van der Waals surface area contributed by atoms with Crippen LogP contribution in [0, 0.1) is 10.1 Å². The Morgan fingerprint density at radius 1 is 1.37 bits per heavy atom. The van der Waals surface area contributed by atoms with E-state index in [1.54, 1.807) is 0 Å². The molecular formula is C9H11N5O4S. The van der Waals surface area contributed by atoms with Gasteiger partial charge in [0.2, 0.25) is 10.0 Å². The molecule has 0 fully saturated rings. The van der Waals surface area contributed by atoms with Gasteiger partial charge in [-0.2, -0.15) is 0 Å². The molecule has 0 saturated heterocycles. The monoisotopic (exact) mass is 285 g/mol. The lowest BCUT2D eigenvalue weighted by Crippen LogP contribution is -2.25. The summed E-state index contributed by atoms with van der Waals surface area (Å²) in [6.07, 6.45) is 0.371. The molecule has 0 aliphatic heterocycles. The Bertz CT molecular complexity index is 592. The molecule has 1 aromatic carbocycles. The second-order valence-corrected chi connectivity index (χ2v) is 5.22. The van der Waals surface area contributed by atoms with Gasteiger partial charge in [0.15, 0.2) is 0 Å². The zero-order valence-electron chi connectivity index (χ0n) is 9.76. The second kappa shape index (κ2) is 6.69. The summed E-state index contributed by atoms with van der Waals surface area (Å²) in [5.74, 6) is 0. The minimum atomic E-state index is -3.70. The van der Waals surface area contributed by atoms with Crippen LogP contribution < -0.4 is 4.72 Å².